The van der Waals surface area contributed by atoms with E-state index in [0.717, 1.165) is 25.7 Å². The second kappa shape index (κ2) is 6.57. The van der Waals surface area contributed by atoms with Crippen LogP contribution in [0.25, 0.3) is 0 Å². The summed E-state index contributed by atoms with van der Waals surface area (Å²) in [5, 5.41) is 1.05. The van der Waals surface area contributed by atoms with Gasteiger partial charge >= 0.3 is 0 Å². The predicted molar refractivity (Wildman–Crippen MR) is 82.3 cm³/mol. The molecule has 0 spiro atoms. The highest BCUT2D eigenvalue weighted by molar-refractivity contribution is 7.85. The van der Waals surface area contributed by atoms with E-state index in [1.165, 1.54) is 0 Å². The largest absolute Gasteiger partial charge is 0.327 e. The Labute approximate surface area is 127 Å². The molecule has 106 valence electrons. The first-order valence-corrected chi connectivity index (χ1v) is 8.61. The van der Waals surface area contributed by atoms with Crippen LogP contribution in [-0.2, 0) is 10.8 Å². The van der Waals surface area contributed by atoms with Crippen molar-refractivity contribution in [1.82, 2.24) is 0 Å². The Hall–Kier alpha value is -0.0900. The standard InChI is InChI=1S/C14H19Cl2NOS/c1-2-9-3-6-12(17)14(7-9)19(18)13-8-10(15)4-5-11(13)16/h4-5,8-9,12,14H,2-3,6-7,17H2,1H3. The molecule has 19 heavy (non-hydrogen) atoms. The molecule has 0 aliphatic heterocycles. The van der Waals surface area contributed by atoms with Gasteiger partial charge in [0.25, 0.3) is 0 Å². The van der Waals surface area contributed by atoms with Crippen LogP contribution in [0.4, 0.5) is 0 Å². The minimum Gasteiger partial charge on any atom is -0.327 e. The minimum atomic E-state index is -1.19. The Balaban J connectivity index is 2.24. The topological polar surface area (TPSA) is 43.1 Å². The summed E-state index contributed by atoms with van der Waals surface area (Å²) in [6, 6.07) is 5.09. The molecule has 1 aromatic rings. The van der Waals surface area contributed by atoms with Gasteiger partial charge in [-0.3, -0.25) is 4.21 Å². The molecular formula is C14H19Cl2NOS. The molecule has 1 aliphatic rings. The Bertz CT molecular complexity index is 481. The molecule has 0 bridgehead atoms. The zero-order valence-corrected chi connectivity index (χ0v) is 13.3. The van der Waals surface area contributed by atoms with Crippen LogP contribution in [0.15, 0.2) is 23.1 Å². The van der Waals surface area contributed by atoms with Gasteiger partial charge in [-0.05, 0) is 43.4 Å². The maximum atomic E-state index is 12.7. The fourth-order valence-electron chi connectivity index (χ4n) is 2.65. The summed E-state index contributed by atoms with van der Waals surface area (Å²) in [5.41, 5.74) is 6.15. The quantitative estimate of drug-likeness (QED) is 0.914. The van der Waals surface area contributed by atoms with E-state index in [1.807, 2.05) is 0 Å². The number of benzene rings is 1. The number of nitrogens with two attached hydrogens (primary N) is 1. The zero-order chi connectivity index (χ0) is 14.0. The highest BCUT2D eigenvalue weighted by Gasteiger charge is 2.33. The van der Waals surface area contributed by atoms with Gasteiger partial charge in [-0.1, -0.05) is 36.5 Å². The maximum Gasteiger partial charge on any atom is 0.0592 e. The van der Waals surface area contributed by atoms with Crippen LogP contribution in [0.5, 0.6) is 0 Å². The summed E-state index contributed by atoms with van der Waals surface area (Å²) < 4.78 is 12.7. The van der Waals surface area contributed by atoms with Crippen LogP contribution in [-0.4, -0.2) is 15.5 Å². The molecule has 2 rings (SSSR count). The Morgan fingerprint density at radius 2 is 2.11 bits per heavy atom. The predicted octanol–water partition coefficient (Wildman–Crippen LogP) is 4.01. The average molecular weight is 320 g/mol. The van der Waals surface area contributed by atoms with Gasteiger partial charge in [-0.15, -0.1) is 0 Å². The smallest absolute Gasteiger partial charge is 0.0592 e. The number of hydrogen-bond acceptors (Lipinski definition) is 2. The molecule has 2 N–H and O–H groups in total. The third kappa shape index (κ3) is 3.52. The van der Waals surface area contributed by atoms with Gasteiger partial charge in [0.2, 0.25) is 0 Å². The van der Waals surface area contributed by atoms with Gasteiger partial charge in [-0.2, -0.15) is 0 Å². The summed E-state index contributed by atoms with van der Waals surface area (Å²) in [4.78, 5) is 0.617. The van der Waals surface area contributed by atoms with Crippen molar-refractivity contribution >= 4 is 34.0 Å². The summed E-state index contributed by atoms with van der Waals surface area (Å²) in [6.45, 7) is 2.17. The second-order valence-electron chi connectivity index (χ2n) is 5.16. The van der Waals surface area contributed by atoms with Gasteiger partial charge in [0, 0.05) is 11.1 Å². The van der Waals surface area contributed by atoms with Gasteiger partial charge in [-0.25, -0.2) is 0 Å². The molecule has 0 saturated heterocycles. The van der Waals surface area contributed by atoms with Crippen LogP contribution in [0.2, 0.25) is 10.0 Å². The molecule has 2 nitrogen and oxygen atoms in total. The number of halogens is 2. The number of hydrogen-bond donors (Lipinski definition) is 1. The molecule has 1 aliphatic carbocycles. The van der Waals surface area contributed by atoms with Gasteiger partial charge < -0.3 is 5.73 Å². The lowest BCUT2D eigenvalue weighted by atomic mass is 9.84. The summed E-state index contributed by atoms with van der Waals surface area (Å²) in [5.74, 6) is 0.617. The minimum absolute atomic E-state index is 0.0151. The van der Waals surface area contributed by atoms with E-state index >= 15 is 0 Å². The van der Waals surface area contributed by atoms with Gasteiger partial charge in [0.1, 0.15) is 0 Å². The lowest BCUT2D eigenvalue weighted by Gasteiger charge is -2.33. The third-order valence-corrected chi connectivity index (χ3v) is 6.45. The van der Waals surface area contributed by atoms with E-state index in [9.17, 15) is 4.21 Å². The van der Waals surface area contributed by atoms with Gasteiger partial charge in [0.05, 0.1) is 26.0 Å². The van der Waals surface area contributed by atoms with Crippen LogP contribution in [0.3, 0.4) is 0 Å². The van der Waals surface area contributed by atoms with Crippen LogP contribution < -0.4 is 5.73 Å². The van der Waals surface area contributed by atoms with E-state index in [4.69, 9.17) is 28.9 Å². The highest BCUT2D eigenvalue weighted by Crippen LogP contribution is 2.33. The van der Waals surface area contributed by atoms with Crippen molar-refractivity contribution in [2.45, 2.75) is 48.8 Å². The second-order valence-corrected chi connectivity index (χ2v) is 7.65. The van der Waals surface area contributed by atoms with Crippen molar-refractivity contribution in [1.29, 1.82) is 0 Å². The number of rotatable bonds is 3. The zero-order valence-electron chi connectivity index (χ0n) is 10.9. The normalized spacial score (nSPS) is 29.2. The van der Waals surface area contributed by atoms with Crippen molar-refractivity contribution < 1.29 is 4.21 Å². The third-order valence-electron chi connectivity index (χ3n) is 3.91. The van der Waals surface area contributed by atoms with Crippen molar-refractivity contribution in [2.24, 2.45) is 11.7 Å². The van der Waals surface area contributed by atoms with Crippen molar-refractivity contribution in [3.63, 3.8) is 0 Å². The highest BCUT2D eigenvalue weighted by atomic mass is 35.5. The fraction of sp³-hybridized carbons (Fsp3) is 0.571. The first kappa shape index (κ1) is 15.3. The lowest BCUT2D eigenvalue weighted by Crippen LogP contribution is -2.42. The maximum absolute atomic E-state index is 12.7. The van der Waals surface area contributed by atoms with Crippen molar-refractivity contribution in [2.75, 3.05) is 0 Å². The molecular weight excluding hydrogens is 301 g/mol. The molecule has 0 amide bonds. The van der Waals surface area contributed by atoms with Crippen LogP contribution in [0.1, 0.15) is 32.6 Å². The molecule has 0 aromatic heterocycles. The average Bonchev–Trinajstić information content (AvgIpc) is 2.41. The molecule has 1 aromatic carbocycles. The van der Waals surface area contributed by atoms with Crippen LogP contribution >= 0.6 is 23.2 Å². The van der Waals surface area contributed by atoms with Crippen LogP contribution in [0, 0.1) is 5.92 Å². The lowest BCUT2D eigenvalue weighted by molar-refractivity contribution is 0.324. The first-order chi connectivity index (χ1) is 9.02. The van der Waals surface area contributed by atoms with Crippen molar-refractivity contribution in [3.8, 4) is 0 Å². The molecule has 0 radical (unpaired) electrons. The van der Waals surface area contributed by atoms with E-state index in [-0.39, 0.29) is 11.3 Å². The van der Waals surface area contributed by atoms with E-state index in [0.29, 0.717) is 20.9 Å². The van der Waals surface area contributed by atoms with Gasteiger partial charge in [0.15, 0.2) is 0 Å². The molecule has 0 heterocycles. The first-order valence-electron chi connectivity index (χ1n) is 6.64. The Morgan fingerprint density at radius 3 is 2.79 bits per heavy atom. The molecule has 1 saturated carbocycles. The Kier molecular flexibility index (Phi) is 5.29. The molecule has 4 unspecified atom stereocenters. The van der Waals surface area contributed by atoms with E-state index in [2.05, 4.69) is 6.92 Å². The van der Waals surface area contributed by atoms with E-state index < -0.39 is 10.8 Å². The fourth-order valence-corrected chi connectivity index (χ4v) is 4.96. The SMILES string of the molecule is CCC1CCC(N)C(S(=O)c2cc(Cl)ccc2Cl)C1. The van der Waals surface area contributed by atoms with Crippen molar-refractivity contribution in [3.05, 3.63) is 28.2 Å². The molecule has 4 atom stereocenters. The van der Waals surface area contributed by atoms with E-state index in [1.54, 1.807) is 18.2 Å². The molecule has 1 fully saturated rings. The summed E-state index contributed by atoms with van der Waals surface area (Å²) >= 11 is 12.1. The monoisotopic (exact) mass is 319 g/mol. The summed E-state index contributed by atoms with van der Waals surface area (Å²) in [6.07, 6.45) is 4.10. The summed E-state index contributed by atoms with van der Waals surface area (Å²) in [7, 11) is -1.19. The Morgan fingerprint density at radius 1 is 1.37 bits per heavy atom. The molecule has 5 heteroatoms.